The highest BCUT2D eigenvalue weighted by Gasteiger charge is 2.25. The lowest BCUT2D eigenvalue weighted by molar-refractivity contribution is 0.266. The quantitative estimate of drug-likeness (QED) is 0.770. The molecule has 0 aromatic carbocycles. The number of hydrogen-bond donors (Lipinski definition) is 2. The lowest BCUT2D eigenvalue weighted by Gasteiger charge is -2.33. The number of hydrogen-bond acceptors (Lipinski definition) is 3. The Balaban J connectivity index is 2.55. The summed E-state index contributed by atoms with van der Waals surface area (Å²) in [6.07, 6.45) is 1.81. The molecule has 0 amide bonds. The fourth-order valence-corrected chi connectivity index (χ4v) is 1.31. The Bertz CT molecular complexity index is 284. The Morgan fingerprint density at radius 3 is 2.67 bits per heavy atom. The molecule has 0 radical (unpaired) electrons. The highest BCUT2D eigenvalue weighted by atomic mass is 15.0. The van der Waals surface area contributed by atoms with Gasteiger partial charge in [-0.25, -0.2) is 0 Å². The highest BCUT2D eigenvalue weighted by Crippen LogP contribution is 2.15. The Morgan fingerprint density at radius 2 is 2.20 bits per heavy atom. The summed E-state index contributed by atoms with van der Waals surface area (Å²) in [7, 11) is 0. The van der Waals surface area contributed by atoms with E-state index in [1.807, 2.05) is 24.4 Å². The summed E-state index contributed by atoms with van der Waals surface area (Å²) in [6, 6.07) is 5.94. The van der Waals surface area contributed by atoms with Gasteiger partial charge in [0.2, 0.25) is 0 Å². The van der Waals surface area contributed by atoms with E-state index in [0.29, 0.717) is 12.5 Å². The van der Waals surface area contributed by atoms with Crippen LogP contribution in [0.2, 0.25) is 0 Å². The monoisotopic (exact) mass is 207 g/mol. The molecule has 3 N–H and O–H groups in total. The first-order valence-corrected chi connectivity index (χ1v) is 5.43. The minimum absolute atomic E-state index is 0.0163. The van der Waals surface area contributed by atoms with E-state index in [1.54, 1.807) is 0 Å². The van der Waals surface area contributed by atoms with Crippen LogP contribution in [-0.2, 0) is 6.54 Å². The van der Waals surface area contributed by atoms with Crippen LogP contribution < -0.4 is 11.1 Å². The van der Waals surface area contributed by atoms with E-state index in [-0.39, 0.29) is 5.54 Å². The summed E-state index contributed by atoms with van der Waals surface area (Å²) in [4.78, 5) is 4.27. The predicted molar refractivity (Wildman–Crippen MR) is 63.4 cm³/mol. The van der Waals surface area contributed by atoms with Crippen LogP contribution in [0, 0.1) is 5.92 Å². The van der Waals surface area contributed by atoms with Crippen LogP contribution in [0.3, 0.4) is 0 Å². The van der Waals surface area contributed by atoms with Gasteiger partial charge in [0.05, 0.1) is 5.69 Å². The van der Waals surface area contributed by atoms with Crippen molar-refractivity contribution in [3.05, 3.63) is 30.1 Å². The summed E-state index contributed by atoms with van der Waals surface area (Å²) < 4.78 is 0. The first-order valence-electron chi connectivity index (χ1n) is 5.43. The second-order valence-electron chi connectivity index (χ2n) is 4.45. The number of pyridine rings is 1. The van der Waals surface area contributed by atoms with Crippen molar-refractivity contribution in [1.29, 1.82) is 0 Å². The molecule has 1 unspecified atom stereocenters. The molecule has 0 aliphatic heterocycles. The summed E-state index contributed by atoms with van der Waals surface area (Å²) in [6.45, 7) is 7.92. The maximum atomic E-state index is 5.79. The van der Waals surface area contributed by atoms with Crippen LogP contribution in [0.15, 0.2) is 24.4 Å². The van der Waals surface area contributed by atoms with Crippen molar-refractivity contribution in [3.8, 4) is 0 Å². The van der Waals surface area contributed by atoms with Gasteiger partial charge in [-0.2, -0.15) is 0 Å². The molecule has 1 aromatic heterocycles. The van der Waals surface area contributed by atoms with Gasteiger partial charge in [0, 0.05) is 24.8 Å². The SMILES string of the molecule is CC(C)C(C)(CN)NCc1ccccn1. The first kappa shape index (κ1) is 12.1. The Hall–Kier alpha value is -0.930. The van der Waals surface area contributed by atoms with E-state index < -0.39 is 0 Å². The number of nitrogens with two attached hydrogens (primary N) is 1. The third kappa shape index (κ3) is 3.29. The van der Waals surface area contributed by atoms with E-state index in [2.05, 4.69) is 31.1 Å². The van der Waals surface area contributed by atoms with Crippen LogP contribution in [0.25, 0.3) is 0 Å². The van der Waals surface area contributed by atoms with Crippen molar-refractivity contribution in [1.82, 2.24) is 10.3 Å². The fourth-order valence-electron chi connectivity index (χ4n) is 1.31. The number of aromatic nitrogens is 1. The Morgan fingerprint density at radius 1 is 1.47 bits per heavy atom. The van der Waals surface area contributed by atoms with Crippen LogP contribution in [0.5, 0.6) is 0 Å². The lowest BCUT2D eigenvalue weighted by Crippen LogP contribution is -2.52. The van der Waals surface area contributed by atoms with Crippen LogP contribution in [-0.4, -0.2) is 17.1 Å². The van der Waals surface area contributed by atoms with Gasteiger partial charge in [-0.3, -0.25) is 4.98 Å². The third-order valence-corrected chi connectivity index (χ3v) is 3.10. The largest absolute Gasteiger partial charge is 0.329 e. The number of rotatable bonds is 5. The molecule has 1 aromatic rings. The molecule has 0 aliphatic carbocycles. The molecule has 1 heterocycles. The van der Waals surface area contributed by atoms with Gasteiger partial charge in [-0.1, -0.05) is 19.9 Å². The van der Waals surface area contributed by atoms with Crippen molar-refractivity contribution < 1.29 is 0 Å². The van der Waals surface area contributed by atoms with Gasteiger partial charge in [0.1, 0.15) is 0 Å². The second-order valence-corrected chi connectivity index (χ2v) is 4.45. The zero-order valence-electron chi connectivity index (χ0n) is 9.83. The highest BCUT2D eigenvalue weighted by molar-refractivity contribution is 5.04. The summed E-state index contributed by atoms with van der Waals surface area (Å²) in [5.74, 6) is 0.506. The van der Waals surface area contributed by atoms with Gasteiger partial charge in [-0.05, 0) is 25.0 Å². The molecular weight excluding hydrogens is 186 g/mol. The summed E-state index contributed by atoms with van der Waals surface area (Å²) in [5.41, 5.74) is 6.83. The van der Waals surface area contributed by atoms with Gasteiger partial charge < -0.3 is 11.1 Å². The molecule has 0 aliphatic rings. The summed E-state index contributed by atoms with van der Waals surface area (Å²) >= 11 is 0. The van der Waals surface area contributed by atoms with E-state index in [0.717, 1.165) is 12.2 Å². The van der Waals surface area contributed by atoms with Crippen molar-refractivity contribution in [2.45, 2.75) is 32.9 Å². The molecule has 1 rings (SSSR count). The third-order valence-electron chi connectivity index (χ3n) is 3.10. The molecule has 0 bridgehead atoms. The minimum Gasteiger partial charge on any atom is -0.329 e. The number of nitrogens with one attached hydrogen (secondary N) is 1. The average Bonchev–Trinajstić information content (AvgIpc) is 2.27. The smallest absolute Gasteiger partial charge is 0.0541 e. The molecule has 15 heavy (non-hydrogen) atoms. The molecule has 0 fully saturated rings. The van der Waals surface area contributed by atoms with Crippen molar-refractivity contribution in [2.24, 2.45) is 11.7 Å². The predicted octanol–water partition coefficient (Wildman–Crippen LogP) is 1.54. The summed E-state index contributed by atoms with van der Waals surface area (Å²) in [5, 5.41) is 3.47. The van der Waals surface area contributed by atoms with Crippen molar-refractivity contribution >= 4 is 0 Å². The van der Waals surface area contributed by atoms with E-state index in [1.165, 1.54) is 0 Å². The van der Waals surface area contributed by atoms with Gasteiger partial charge in [-0.15, -0.1) is 0 Å². The van der Waals surface area contributed by atoms with Crippen molar-refractivity contribution in [2.75, 3.05) is 6.54 Å². The second kappa shape index (κ2) is 5.24. The van der Waals surface area contributed by atoms with Crippen LogP contribution in [0.4, 0.5) is 0 Å². The Labute approximate surface area is 92.1 Å². The molecule has 0 saturated carbocycles. The van der Waals surface area contributed by atoms with E-state index in [4.69, 9.17) is 5.73 Å². The maximum Gasteiger partial charge on any atom is 0.0541 e. The molecule has 0 saturated heterocycles. The van der Waals surface area contributed by atoms with Crippen LogP contribution >= 0.6 is 0 Å². The topological polar surface area (TPSA) is 50.9 Å². The normalized spacial score (nSPS) is 15.3. The van der Waals surface area contributed by atoms with Crippen LogP contribution in [0.1, 0.15) is 26.5 Å². The van der Waals surface area contributed by atoms with E-state index in [9.17, 15) is 0 Å². The number of nitrogens with zero attached hydrogens (tertiary/aromatic N) is 1. The molecule has 84 valence electrons. The Kier molecular flexibility index (Phi) is 4.24. The standard InChI is InChI=1S/C12H21N3/c1-10(2)12(3,9-13)15-8-11-6-4-5-7-14-11/h4-7,10,15H,8-9,13H2,1-3H3. The first-order chi connectivity index (χ1) is 7.08. The zero-order valence-corrected chi connectivity index (χ0v) is 9.83. The molecule has 3 nitrogen and oxygen atoms in total. The average molecular weight is 207 g/mol. The molecular formula is C12H21N3. The lowest BCUT2D eigenvalue weighted by atomic mass is 9.88. The van der Waals surface area contributed by atoms with E-state index >= 15 is 0 Å². The molecule has 3 heteroatoms. The minimum atomic E-state index is -0.0163. The van der Waals surface area contributed by atoms with Crippen molar-refractivity contribution in [3.63, 3.8) is 0 Å². The molecule has 0 spiro atoms. The van der Waals surface area contributed by atoms with Gasteiger partial charge in [0.15, 0.2) is 0 Å². The van der Waals surface area contributed by atoms with Gasteiger partial charge >= 0.3 is 0 Å². The molecule has 1 atom stereocenters. The fraction of sp³-hybridized carbons (Fsp3) is 0.583. The zero-order chi connectivity index (χ0) is 11.3. The maximum absolute atomic E-state index is 5.79. The van der Waals surface area contributed by atoms with Gasteiger partial charge in [0.25, 0.3) is 0 Å².